The molecule has 2 heterocycles. The Morgan fingerprint density at radius 1 is 0.878 bits per heavy atom. The van der Waals surface area contributed by atoms with E-state index in [4.69, 9.17) is 9.72 Å². The van der Waals surface area contributed by atoms with Crippen molar-refractivity contribution in [3.63, 3.8) is 0 Å². The zero-order valence-electron chi connectivity index (χ0n) is 23.6. The van der Waals surface area contributed by atoms with Crippen LogP contribution in [0.1, 0.15) is 34.0 Å². The molecule has 0 saturated carbocycles. The molecule has 212 valence electrons. The molecule has 8 heteroatoms. The van der Waals surface area contributed by atoms with Gasteiger partial charge in [-0.05, 0) is 16.7 Å². The average Bonchev–Trinajstić information content (AvgIpc) is 3.02. The Bertz CT molecular complexity index is 1450. The van der Waals surface area contributed by atoms with Crippen LogP contribution in [0.25, 0.3) is 0 Å². The van der Waals surface area contributed by atoms with E-state index in [0.29, 0.717) is 35.9 Å². The molecule has 0 radical (unpaired) electrons. The number of thioether (sulfide) groups is 1. The fraction of sp³-hybridized carbons (Fsp3) is 0.303. The maximum absolute atomic E-state index is 13.3. The van der Waals surface area contributed by atoms with E-state index < -0.39 is 0 Å². The van der Waals surface area contributed by atoms with E-state index in [2.05, 4.69) is 53.4 Å². The van der Waals surface area contributed by atoms with Crippen molar-refractivity contribution in [2.75, 3.05) is 39.0 Å². The summed E-state index contributed by atoms with van der Waals surface area (Å²) in [6, 6.07) is 31.1. The second-order valence-electron chi connectivity index (χ2n) is 10.2. The van der Waals surface area contributed by atoms with Crippen LogP contribution >= 0.6 is 11.8 Å². The van der Waals surface area contributed by atoms with E-state index in [1.165, 1.54) is 22.9 Å². The molecule has 0 atom stereocenters. The maximum atomic E-state index is 13.3. The molecule has 5 rings (SSSR count). The van der Waals surface area contributed by atoms with Crippen LogP contribution in [-0.4, -0.2) is 64.3 Å². The highest BCUT2D eigenvalue weighted by molar-refractivity contribution is 7.99. The highest BCUT2D eigenvalue weighted by Crippen LogP contribution is 2.29. The lowest BCUT2D eigenvalue weighted by Crippen LogP contribution is -2.50. The molecule has 1 aliphatic heterocycles. The minimum atomic E-state index is -0.104. The van der Waals surface area contributed by atoms with Crippen LogP contribution < -0.4 is 5.56 Å². The first kappa shape index (κ1) is 28.8. The Labute approximate surface area is 245 Å². The van der Waals surface area contributed by atoms with E-state index in [9.17, 15) is 9.59 Å². The number of carbonyl (C=O) groups excluding carboxylic acids is 1. The molecule has 1 amide bonds. The Morgan fingerprint density at radius 3 is 2.00 bits per heavy atom. The molecular weight excluding hydrogens is 532 g/mol. The van der Waals surface area contributed by atoms with Gasteiger partial charge in [0.1, 0.15) is 0 Å². The second kappa shape index (κ2) is 13.8. The molecule has 0 aliphatic carbocycles. The zero-order chi connectivity index (χ0) is 28.6. The van der Waals surface area contributed by atoms with Crippen LogP contribution in [0.2, 0.25) is 0 Å². The number of methoxy groups -OCH3 is 1. The fourth-order valence-corrected chi connectivity index (χ4v) is 6.25. The summed E-state index contributed by atoms with van der Waals surface area (Å²) < 4.78 is 6.92. The number of amides is 1. The van der Waals surface area contributed by atoms with Crippen molar-refractivity contribution in [1.29, 1.82) is 0 Å². The molecule has 1 fully saturated rings. The summed E-state index contributed by atoms with van der Waals surface area (Å²) in [6.45, 7) is 3.13. The average molecular weight is 569 g/mol. The van der Waals surface area contributed by atoms with Crippen LogP contribution in [0.15, 0.2) is 101 Å². The summed E-state index contributed by atoms with van der Waals surface area (Å²) in [7, 11) is 3.32. The van der Waals surface area contributed by atoms with Crippen molar-refractivity contribution < 1.29 is 9.53 Å². The third-order valence-corrected chi connectivity index (χ3v) is 8.54. The number of aromatic nitrogens is 2. The van der Waals surface area contributed by atoms with Gasteiger partial charge in [-0.15, -0.1) is 0 Å². The van der Waals surface area contributed by atoms with Crippen molar-refractivity contribution in [3.8, 4) is 0 Å². The largest absolute Gasteiger partial charge is 0.378 e. The number of carbonyl (C=O) groups is 1. The highest BCUT2D eigenvalue weighted by atomic mass is 32.2. The standard InChI is InChI=1S/C33H36N4O3S/c1-35-32(39)28(22-25-12-6-3-7-13-25)29(23-40-2)34-33(35)41-24-30(38)36-18-20-37(21-19-36)31(26-14-8-4-9-15-26)27-16-10-5-11-17-27/h3-17,31H,18-24H2,1-2H3. The van der Waals surface area contributed by atoms with Crippen molar-refractivity contribution >= 4 is 17.7 Å². The first-order chi connectivity index (χ1) is 20.0. The van der Waals surface area contributed by atoms with Gasteiger partial charge in [0.25, 0.3) is 5.56 Å². The molecule has 41 heavy (non-hydrogen) atoms. The predicted octanol–water partition coefficient (Wildman–Crippen LogP) is 4.54. The van der Waals surface area contributed by atoms with Gasteiger partial charge in [0.2, 0.25) is 5.91 Å². The lowest BCUT2D eigenvalue weighted by molar-refractivity contribution is -0.130. The normalized spacial score (nSPS) is 14.0. The Morgan fingerprint density at radius 2 is 1.44 bits per heavy atom. The smallest absolute Gasteiger partial charge is 0.257 e. The number of ether oxygens (including phenoxy) is 1. The van der Waals surface area contributed by atoms with Crippen molar-refractivity contribution in [1.82, 2.24) is 19.4 Å². The molecule has 7 nitrogen and oxygen atoms in total. The van der Waals surface area contributed by atoms with Crippen LogP contribution in [0, 0.1) is 0 Å². The molecule has 4 aromatic rings. The van der Waals surface area contributed by atoms with E-state index >= 15 is 0 Å². The third-order valence-electron chi connectivity index (χ3n) is 7.52. The van der Waals surface area contributed by atoms with Crippen molar-refractivity contribution in [2.45, 2.75) is 24.2 Å². The Balaban J connectivity index is 1.24. The first-order valence-electron chi connectivity index (χ1n) is 13.9. The molecule has 0 spiro atoms. The fourth-order valence-electron chi connectivity index (χ4n) is 5.37. The van der Waals surface area contributed by atoms with E-state index in [1.807, 2.05) is 47.4 Å². The third kappa shape index (κ3) is 6.96. The first-order valence-corrected chi connectivity index (χ1v) is 14.9. The maximum Gasteiger partial charge on any atom is 0.257 e. The van der Waals surface area contributed by atoms with Gasteiger partial charge in [-0.1, -0.05) is 103 Å². The minimum Gasteiger partial charge on any atom is -0.378 e. The Hall–Kier alpha value is -3.72. The zero-order valence-corrected chi connectivity index (χ0v) is 24.4. The van der Waals surface area contributed by atoms with Gasteiger partial charge >= 0.3 is 0 Å². The number of benzene rings is 3. The lowest BCUT2D eigenvalue weighted by Gasteiger charge is -2.39. The van der Waals surface area contributed by atoms with E-state index in [0.717, 1.165) is 18.7 Å². The summed E-state index contributed by atoms with van der Waals surface area (Å²) >= 11 is 1.31. The minimum absolute atomic E-state index is 0.0570. The van der Waals surface area contributed by atoms with E-state index in [-0.39, 0.29) is 29.9 Å². The van der Waals surface area contributed by atoms with E-state index in [1.54, 1.807) is 18.7 Å². The SMILES string of the molecule is COCc1nc(SCC(=O)N2CCN(C(c3ccccc3)c3ccccc3)CC2)n(C)c(=O)c1Cc1ccccc1. The molecule has 3 aromatic carbocycles. The quantitative estimate of drug-likeness (QED) is 0.207. The van der Waals surface area contributed by atoms with Gasteiger partial charge in [-0.3, -0.25) is 19.1 Å². The highest BCUT2D eigenvalue weighted by Gasteiger charge is 2.28. The van der Waals surface area contributed by atoms with Crippen molar-refractivity contribution in [3.05, 3.63) is 129 Å². The molecule has 0 unspecified atom stereocenters. The molecular formula is C33H36N4O3S. The number of rotatable bonds is 10. The summed E-state index contributed by atoms with van der Waals surface area (Å²) in [5.41, 5.74) is 4.69. The van der Waals surface area contributed by atoms with Gasteiger partial charge < -0.3 is 9.64 Å². The number of hydrogen-bond donors (Lipinski definition) is 0. The van der Waals surface area contributed by atoms with Gasteiger partial charge in [0, 0.05) is 52.3 Å². The molecule has 1 aliphatic rings. The monoisotopic (exact) mass is 568 g/mol. The molecule has 0 N–H and O–H groups in total. The Kier molecular flexibility index (Phi) is 9.67. The van der Waals surface area contributed by atoms with Gasteiger partial charge in [0.05, 0.1) is 24.1 Å². The van der Waals surface area contributed by atoms with Gasteiger partial charge in [-0.25, -0.2) is 4.98 Å². The number of piperazine rings is 1. The van der Waals surface area contributed by atoms with Gasteiger partial charge in [0.15, 0.2) is 5.16 Å². The predicted molar refractivity (Wildman–Crippen MR) is 163 cm³/mol. The van der Waals surface area contributed by atoms with Crippen LogP contribution in [0.4, 0.5) is 0 Å². The van der Waals surface area contributed by atoms with Crippen LogP contribution in [-0.2, 0) is 29.6 Å². The number of nitrogens with zero attached hydrogens (tertiary/aromatic N) is 4. The topological polar surface area (TPSA) is 67.7 Å². The lowest BCUT2D eigenvalue weighted by atomic mass is 9.96. The molecule has 1 aromatic heterocycles. The van der Waals surface area contributed by atoms with Crippen LogP contribution in [0.5, 0.6) is 0 Å². The number of hydrogen-bond acceptors (Lipinski definition) is 6. The molecule has 1 saturated heterocycles. The summed E-state index contributed by atoms with van der Waals surface area (Å²) in [6.07, 6.45) is 0.486. The van der Waals surface area contributed by atoms with Crippen LogP contribution in [0.3, 0.4) is 0 Å². The summed E-state index contributed by atoms with van der Waals surface area (Å²) in [5, 5.41) is 0.527. The van der Waals surface area contributed by atoms with Gasteiger partial charge in [-0.2, -0.15) is 0 Å². The summed E-state index contributed by atoms with van der Waals surface area (Å²) in [5.74, 6) is 0.285. The molecule has 0 bridgehead atoms. The summed E-state index contributed by atoms with van der Waals surface area (Å²) in [4.78, 5) is 35.7. The second-order valence-corrected chi connectivity index (χ2v) is 11.2. The van der Waals surface area contributed by atoms with Crippen molar-refractivity contribution in [2.24, 2.45) is 7.05 Å².